The van der Waals surface area contributed by atoms with Crippen LogP contribution in [0.5, 0.6) is 0 Å². The topological polar surface area (TPSA) is 42.3 Å². The second-order valence-corrected chi connectivity index (χ2v) is 5.53. The largest absolute Gasteiger partial charge is 0.381 e. The summed E-state index contributed by atoms with van der Waals surface area (Å²) in [5, 5.41) is 7.51. The number of rotatable bonds is 6. The molecule has 1 aromatic rings. The van der Waals surface area contributed by atoms with Crippen molar-refractivity contribution in [3.8, 4) is 0 Å². The highest BCUT2D eigenvalue weighted by Crippen LogP contribution is 2.29. The van der Waals surface area contributed by atoms with Gasteiger partial charge in [0.1, 0.15) is 0 Å². The Hall–Kier alpha value is -0.910. The summed E-state index contributed by atoms with van der Waals surface area (Å²) in [5.74, 6) is 0. The van der Waals surface area contributed by atoms with E-state index in [-0.39, 0.29) is 5.41 Å². The van der Waals surface area contributed by atoms with E-state index in [9.17, 15) is 0 Å². The van der Waals surface area contributed by atoms with E-state index in [1.165, 1.54) is 5.56 Å². The fourth-order valence-electron chi connectivity index (χ4n) is 2.84. The van der Waals surface area contributed by atoms with E-state index in [0.29, 0.717) is 0 Å². The maximum absolute atomic E-state index is 5.59. The number of aromatic nitrogens is 2. The third-order valence-electron chi connectivity index (χ3n) is 3.55. The first kappa shape index (κ1) is 13.5. The van der Waals surface area contributed by atoms with Crippen LogP contribution in [0.4, 0.5) is 0 Å². The van der Waals surface area contributed by atoms with Crippen LogP contribution in [0.2, 0.25) is 0 Å². The molecule has 1 atom stereocenters. The van der Waals surface area contributed by atoms with E-state index in [2.05, 4.69) is 28.6 Å². The number of nitrogens with zero attached hydrogens (tertiary/aromatic N) is 3. The molecule has 1 aliphatic rings. The van der Waals surface area contributed by atoms with Crippen molar-refractivity contribution >= 4 is 0 Å². The minimum Gasteiger partial charge on any atom is -0.381 e. The van der Waals surface area contributed by atoms with Gasteiger partial charge in [0.15, 0.2) is 0 Å². The summed E-state index contributed by atoms with van der Waals surface area (Å²) < 4.78 is 7.44. The standard InChI is InChI=1S/C13H24N4O/c1-14-9-13(4-5-18-11-13)10-16(2)7-12-6-15-17(3)8-12/h6,8,14H,4-5,7,9-11H2,1-3H3. The summed E-state index contributed by atoms with van der Waals surface area (Å²) in [4.78, 5) is 2.36. The van der Waals surface area contributed by atoms with E-state index in [0.717, 1.165) is 39.3 Å². The average molecular weight is 252 g/mol. The summed E-state index contributed by atoms with van der Waals surface area (Å²) in [7, 11) is 6.14. The Bertz CT molecular complexity index is 371. The lowest BCUT2D eigenvalue weighted by atomic mass is 9.86. The molecule has 18 heavy (non-hydrogen) atoms. The Morgan fingerprint density at radius 2 is 2.44 bits per heavy atom. The lowest BCUT2D eigenvalue weighted by Crippen LogP contribution is -2.42. The van der Waals surface area contributed by atoms with Crippen molar-refractivity contribution < 1.29 is 4.74 Å². The second kappa shape index (κ2) is 5.82. The Balaban J connectivity index is 1.90. The monoisotopic (exact) mass is 252 g/mol. The van der Waals surface area contributed by atoms with Gasteiger partial charge in [-0.25, -0.2) is 0 Å². The van der Waals surface area contributed by atoms with Crippen molar-refractivity contribution in [2.45, 2.75) is 13.0 Å². The molecule has 0 spiro atoms. The molecule has 0 aliphatic carbocycles. The fraction of sp³-hybridized carbons (Fsp3) is 0.769. The lowest BCUT2D eigenvalue weighted by molar-refractivity contribution is 0.118. The van der Waals surface area contributed by atoms with Crippen molar-refractivity contribution in [2.24, 2.45) is 12.5 Å². The number of ether oxygens (including phenoxy) is 1. The molecule has 0 aromatic carbocycles. The summed E-state index contributed by atoms with van der Waals surface area (Å²) in [5.41, 5.74) is 1.53. The first-order valence-corrected chi connectivity index (χ1v) is 6.52. The van der Waals surface area contributed by atoms with Crippen LogP contribution >= 0.6 is 0 Å². The zero-order valence-corrected chi connectivity index (χ0v) is 11.6. The van der Waals surface area contributed by atoms with Crippen LogP contribution in [0.15, 0.2) is 12.4 Å². The van der Waals surface area contributed by atoms with E-state index in [1.807, 2.05) is 25.0 Å². The van der Waals surface area contributed by atoms with Crippen LogP contribution in [0, 0.1) is 5.41 Å². The highest BCUT2D eigenvalue weighted by atomic mass is 16.5. The van der Waals surface area contributed by atoms with E-state index in [4.69, 9.17) is 4.74 Å². The normalized spacial score (nSPS) is 24.0. The van der Waals surface area contributed by atoms with Crippen molar-refractivity contribution in [3.05, 3.63) is 18.0 Å². The molecule has 1 aromatic heterocycles. The molecule has 5 nitrogen and oxygen atoms in total. The molecular formula is C13H24N4O. The predicted molar refractivity (Wildman–Crippen MR) is 71.3 cm³/mol. The van der Waals surface area contributed by atoms with Crippen LogP contribution in [0.1, 0.15) is 12.0 Å². The summed E-state index contributed by atoms with van der Waals surface area (Å²) in [6.45, 7) is 4.78. The molecule has 1 fully saturated rings. The molecule has 1 unspecified atom stereocenters. The van der Waals surface area contributed by atoms with Crippen molar-refractivity contribution in [1.29, 1.82) is 0 Å². The van der Waals surface area contributed by atoms with Gasteiger partial charge in [0.2, 0.25) is 0 Å². The van der Waals surface area contributed by atoms with Gasteiger partial charge in [0.05, 0.1) is 12.8 Å². The van der Waals surface area contributed by atoms with Gasteiger partial charge in [0, 0.05) is 50.5 Å². The molecule has 0 amide bonds. The van der Waals surface area contributed by atoms with Gasteiger partial charge >= 0.3 is 0 Å². The van der Waals surface area contributed by atoms with Gasteiger partial charge in [0.25, 0.3) is 0 Å². The Morgan fingerprint density at radius 3 is 3.00 bits per heavy atom. The molecule has 2 heterocycles. The van der Waals surface area contributed by atoms with Gasteiger partial charge in [-0.15, -0.1) is 0 Å². The predicted octanol–water partition coefficient (Wildman–Crippen LogP) is 0.478. The molecule has 0 radical (unpaired) electrons. The van der Waals surface area contributed by atoms with E-state index in [1.54, 1.807) is 0 Å². The highest BCUT2D eigenvalue weighted by Gasteiger charge is 2.35. The Kier molecular flexibility index (Phi) is 4.37. The van der Waals surface area contributed by atoms with Crippen LogP contribution < -0.4 is 5.32 Å². The van der Waals surface area contributed by atoms with Gasteiger partial charge in [-0.2, -0.15) is 5.10 Å². The van der Waals surface area contributed by atoms with Gasteiger partial charge < -0.3 is 15.0 Å². The molecule has 1 N–H and O–H groups in total. The zero-order chi connectivity index (χ0) is 13.0. The first-order valence-electron chi connectivity index (χ1n) is 6.52. The maximum atomic E-state index is 5.59. The number of aryl methyl sites for hydroxylation is 1. The molecule has 2 rings (SSSR count). The smallest absolute Gasteiger partial charge is 0.0547 e. The van der Waals surface area contributed by atoms with E-state index >= 15 is 0 Å². The SMILES string of the molecule is CNCC1(CN(C)Cc2cnn(C)c2)CCOC1. The minimum absolute atomic E-state index is 0.270. The Labute approximate surface area is 109 Å². The zero-order valence-electron chi connectivity index (χ0n) is 11.6. The summed E-state index contributed by atoms with van der Waals surface area (Å²) >= 11 is 0. The second-order valence-electron chi connectivity index (χ2n) is 5.53. The van der Waals surface area contributed by atoms with Crippen molar-refractivity contribution in [1.82, 2.24) is 20.0 Å². The van der Waals surface area contributed by atoms with E-state index < -0.39 is 0 Å². The molecule has 1 saturated heterocycles. The molecule has 102 valence electrons. The van der Waals surface area contributed by atoms with Crippen molar-refractivity contribution in [3.63, 3.8) is 0 Å². The third-order valence-corrected chi connectivity index (χ3v) is 3.55. The lowest BCUT2D eigenvalue weighted by Gasteiger charge is -2.32. The van der Waals surface area contributed by atoms with Crippen LogP contribution in [-0.4, -0.2) is 55.1 Å². The molecule has 0 bridgehead atoms. The third kappa shape index (κ3) is 3.31. The molecule has 1 aliphatic heterocycles. The number of nitrogens with one attached hydrogen (secondary N) is 1. The average Bonchev–Trinajstić information content (AvgIpc) is 2.89. The summed E-state index contributed by atoms with van der Waals surface area (Å²) in [6.07, 6.45) is 5.16. The molecule has 0 saturated carbocycles. The van der Waals surface area contributed by atoms with Gasteiger partial charge in [-0.05, 0) is 20.5 Å². The minimum atomic E-state index is 0.270. The summed E-state index contributed by atoms with van der Waals surface area (Å²) in [6, 6.07) is 0. The van der Waals surface area contributed by atoms with Crippen LogP contribution in [-0.2, 0) is 18.3 Å². The molecular weight excluding hydrogens is 228 g/mol. The quantitative estimate of drug-likeness (QED) is 0.799. The van der Waals surface area contributed by atoms with Crippen LogP contribution in [0.25, 0.3) is 0 Å². The van der Waals surface area contributed by atoms with Crippen LogP contribution in [0.3, 0.4) is 0 Å². The molecule has 5 heteroatoms. The van der Waals surface area contributed by atoms with Crippen molar-refractivity contribution in [2.75, 3.05) is 40.4 Å². The number of hydrogen-bond acceptors (Lipinski definition) is 4. The fourth-order valence-corrected chi connectivity index (χ4v) is 2.84. The number of hydrogen-bond donors (Lipinski definition) is 1. The Morgan fingerprint density at radius 1 is 1.61 bits per heavy atom. The van der Waals surface area contributed by atoms with Gasteiger partial charge in [-0.1, -0.05) is 0 Å². The maximum Gasteiger partial charge on any atom is 0.0547 e. The first-order chi connectivity index (χ1) is 8.63. The van der Waals surface area contributed by atoms with Gasteiger partial charge in [-0.3, -0.25) is 4.68 Å². The highest BCUT2D eigenvalue weighted by molar-refractivity contribution is 5.03.